The number of hydrogen-bond donors (Lipinski definition) is 1. The average molecular weight is 409 g/mol. The van der Waals surface area contributed by atoms with Gasteiger partial charge in [-0.1, -0.05) is 11.6 Å². The Morgan fingerprint density at radius 3 is 2.36 bits per heavy atom. The van der Waals surface area contributed by atoms with Crippen molar-refractivity contribution in [2.45, 2.75) is 26.4 Å². The second kappa shape index (κ2) is 9.27. The highest BCUT2D eigenvalue weighted by atomic mass is 35.5. The number of halogens is 1. The lowest BCUT2D eigenvalue weighted by Crippen LogP contribution is -2.34. The number of nitro groups is 1. The van der Waals surface area contributed by atoms with Gasteiger partial charge in [0.2, 0.25) is 0 Å². The van der Waals surface area contributed by atoms with Gasteiger partial charge >= 0.3 is 6.09 Å². The number of ether oxygens (including phenoxy) is 3. The molecule has 0 atom stereocenters. The Morgan fingerprint density at radius 1 is 1.11 bits per heavy atom. The van der Waals surface area contributed by atoms with Gasteiger partial charge in [0.25, 0.3) is 5.69 Å². The molecule has 28 heavy (non-hydrogen) atoms. The maximum Gasteiger partial charge on any atom is 0.407 e. The fraction of sp³-hybridized carbons (Fsp3) is 0.316. The lowest BCUT2D eigenvalue weighted by molar-refractivity contribution is -0.385. The fourth-order valence-electron chi connectivity index (χ4n) is 2.08. The van der Waals surface area contributed by atoms with Gasteiger partial charge in [-0.2, -0.15) is 0 Å². The largest absolute Gasteiger partial charge is 0.491 e. The Morgan fingerprint density at radius 2 is 1.75 bits per heavy atom. The molecule has 9 heteroatoms. The van der Waals surface area contributed by atoms with E-state index in [1.54, 1.807) is 45.0 Å². The van der Waals surface area contributed by atoms with Crippen LogP contribution in [-0.4, -0.2) is 29.8 Å². The summed E-state index contributed by atoms with van der Waals surface area (Å²) >= 11 is 5.83. The van der Waals surface area contributed by atoms with Crippen molar-refractivity contribution in [2.75, 3.05) is 13.2 Å². The molecule has 0 bridgehead atoms. The zero-order valence-electron chi connectivity index (χ0n) is 15.7. The van der Waals surface area contributed by atoms with Crippen molar-refractivity contribution < 1.29 is 23.9 Å². The number of carbonyl (C=O) groups excluding carboxylic acids is 1. The molecule has 0 saturated carbocycles. The fourth-order valence-corrected chi connectivity index (χ4v) is 2.21. The highest BCUT2D eigenvalue weighted by Gasteiger charge is 2.16. The normalized spacial score (nSPS) is 10.9. The average Bonchev–Trinajstić information content (AvgIpc) is 2.59. The first-order chi connectivity index (χ1) is 13.1. The lowest BCUT2D eigenvalue weighted by Gasteiger charge is -2.19. The number of amides is 1. The third kappa shape index (κ3) is 7.32. The third-order valence-corrected chi connectivity index (χ3v) is 3.42. The number of alkyl carbamates (subject to hydrolysis) is 1. The molecule has 0 aliphatic heterocycles. The topological polar surface area (TPSA) is 99.9 Å². The summed E-state index contributed by atoms with van der Waals surface area (Å²) in [5, 5.41) is 14.2. The monoisotopic (exact) mass is 408 g/mol. The molecule has 0 fully saturated rings. The Labute approximate surface area is 167 Å². The summed E-state index contributed by atoms with van der Waals surface area (Å²) in [4.78, 5) is 22.2. The molecule has 2 aromatic carbocycles. The Bertz CT molecular complexity index is 833. The van der Waals surface area contributed by atoms with Gasteiger partial charge in [-0.15, -0.1) is 0 Å². The van der Waals surface area contributed by atoms with Crippen LogP contribution in [-0.2, 0) is 4.74 Å². The van der Waals surface area contributed by atoms with Crippen LogP contribution in [0.5, 0.6) is 17.2 Å². The number of carbonyl (C=O) groups is 1. The van der Waals surface area contributed by atoms with E-state index in [1.165, 1.54) is 18.2 Å². The molecule has 0 aliphatic rings. The Kier molecular flexibility index (Phi) is 7.06. The van der Waals surface area contributed by atoms with Crippen molar-refractivity contribution in [3.8, 4) is 17.2 Å². The summed E-state index contributed by atoms with van der Waals surface area (Å²) in [7, 11) is 0. The summed E-state index contributed by atoms with van der Waals surface area (Å²) in [6.45, 7) is 5.54. The van der Waals surface area contributed by atoms with Gasteiger partial charge in [-0.05, 0) is 45.0 Å². The number of nitro benzene ring substituents is 1. The van der Waals surface area contributed by atoms with Crippen LogP contribution in [0, 0.1) is 10.1 Å². The van der Waals surface area contributed by atoms with Crippen LogP contribution in [0.15, 0.2) is 42.5 Å². The molecule has 0 aliphatic carbocycles. The van der Waals surface area contributed by atoms with E-state index in [-0.39, 0.29) is 30.3 Å². The molecule has 150 valence electrons. The van der Waals surface area contributed by atoms with Crippen LogP contribution >= 0.6 is 11.6 Å². The summed E-state index contributed by atoms with van der Waals surface area (Å²) < 4.78 is 16.2. The predicted octanol–water partition coefficient (Wildman–Crippen LogP) is 4.94. The number of hydrogen-bond acceptors (Lipinski definition) is 6. The third-order valence-electron chi connectivity index (χ3n) is 3.16. The molecule has 0 heterocycles. The SMILES string of the molecule is CC(C)(C)OC(=O)NCCOc1cc(Oc2ccc(Cl)cc2)cc([N+](=O)[O-])c1. The van der Waals surface area contributed by atoms with Crippen LogP contribution in [0.3, 0.4) is 0 Å². The maximum atomic E-state index is 11.6. The lowest BCUT2D eigenvalue weighted by atomic mass is 10.2. The summed E-state index contributed by atoms with van der Waals surface area (Å²) in [5.74, 6) is 0.957. The number of nitrogens with zero attached hydrogens (tertiary/aromatic N) is 1. The molecule has 0 unspecified atom stereocenters. The van der Waals surface area contributed by atoms with Crippen LogP contribution in [0.2, 0.25) is 5.02 Å². The van der Waals surface area contributed by atoms with Gasteiger partial charge in [0, 0.05) is 11.1 Å². The first kappa shape index (κ1) is 21.3. The second-order valence-corrected chi connectivity index (χ2v) is 7.19. The van der Waals surface area contributed by atoms with Gasteiger partial charge in [0.15, 0.2) is 0 Å². The number of non-ortho nitro benzene ring substituents is 1. The standard InChI is InChI=1S/C19H21ClN2O6/c1-19(2,3)28-18(23)21-8-9-26-16-10-14(22(24)25)11-17(12-16)27-15-6-4-13(20)5-7-15/h4-7,10-12H,8-9H2,1-3H3,(H,21,23). The Balaban J connectivity index is 1.99. The maximum absolute atomic E-state index is 11.6. The zero-order valence-corrected chi connectivity index (χ0v) is 16.5. The predicted molar refractivity (Wildman–Crippen MR) is 104 cm³/mol. The van der Waals surface area contributed by atoms with Crippen molar-refractivity contribution in [2.24, 2.45) is 0 Å². The minimum absolute atomic E-state index is 0.0980. The van der Waals surface area contributed by atoms with Gasteiger partial charge in [0.1, 0.15) is 29.5 Å². The second-order valence-electron chi connectivity index (χ2n) is 6.75. The molecular formula is C19H21ClN2O6. The molecule has 1 amide bonds. The zero-order chi connectivity index (χ0) is 20.7. The first-order valence-corrected chi connectivity index (χ1v) is 8.83. The van der Waals surface area contributed by atoms with Crippen LogP contribution in [0.1, 0.15) is 20.8 Å². The number of benzene rings is 2. The molecule has 2 rings (SSSR count). The van der Waals surface area contributed by atoms with Crippen molar-refractivity contribution in [3.05, 3.63) is 57.6 Å². The van der Waals surface area contributed by atoms with Gasteiger partial charge in [0.05, 0.1) is 23.6 Å². The van der Waals surface area contributed by atoms with E-state index in [0.717, 1.165) is 0 Å². The van der Waals surface area contributed by atoms with Gasteiger partial charge < -0.3 is 19.5 Å². The minimum Gasteiger partial charge on any atom is -0.491 e. The number of rotatable bonds is 7. The summed E-state index contributed by atoms with van der Waals surface area (Å²) in [5.41, 5.74) is -0.777. The molecule has 2 aromatic rings. The van der Waals surface area contributed by atoms with Crippen molar-refractivity contribution in [1.82, 2.24) is 5.32 Å². The minimum atomic E-state index is -0.598. The quantitative estimate of drug-likeness (QED) is 0.395. The van der Waals surface area contributed by atoms with Gasteiger partial charge in [-0.25, -0.2) is 4.79 Å². The van der Waals surface area contributed by atoms with Crippen molar-refractivity contribution in [1.29, 1.82) is 0 Å². The number of nitrogens with one attached hydrogen (secondary N) is 1. The van der Waals surface area contributed by atoms with E-state index in [4.69, 9.17) is 25.8 Å². The molecule has 0 aromatic heterocycles. The molecule has 8 nitrogen and oxygen atoms in total. The molecular weight excluding hydrogens is 388 g/mol. The van der Waals surface area contributed by atoms with Crippen molar-refractivity contribution >= 4 is 23.4 Å². The van der Waals surface area contributed by atoms with Crippen molar-refractivity contribution in [3.63, 3.8) is 0 Å². The molecule has 0 saturated heterocycles. The first-order valence-electron chi connectivity index (χ1n) is 8.45. The highest BCUT2D eigenvalue weighted by molar-refractivity contribution is 6.30. The van der Waals surface area contributed by atoms with Crippen LogP contribution in [0.25, 0.3) is 0 Å². The molecule has 0 radical (unpaired) electrons. The van der Waals surface area contributed by atoms with E-state index >= 15 is 0 Å². The van der Waals surface area contributed by atoms with E-state index in [0.29, 0.717) is 10.8 Å². The summed E-state index contributed by atoms with van der Waals surface area (Å²) in [6, 6.07) is 10.7. The summed E-state index contributed by atoms with van der Waals surface area (Å²) in [6.07, 6.45) is -0.568. The smallest absolute Gasteiger partial charge is 0.407 e. The Hall–Kier alpha value is -3.00. The molecule has 1 N–H and O–H groups in total. The van der Waals surface area contributed by atoms with Crippen LogP contribution < -0.4 is 14.8 Å². The molecule has 0 spiro atoms. The van der Waals surface area contributed by atoms with E-state index < -0.39 is 16.6 Å². The van der Waals surface area contributed by atoms with Gasteiger partial charge in [-0.3, -0.25) is 10.1 Å². The van der Waals surface area contributed by atoms with E-state index in [9.17, 15) is 14.9 Å². The van der Waals surface area contributed by atoms with E-state index in [2.05, 4.69) is 5.32 Å². The highest BCUT2D eigenvalue weighted by Crippen LogP contribution is 2.31. The van der Waals surface area contributed by atoms with E-state index in [1.807, 2.05) is 0 Å². The van der Waals surface area contributed by atoms with Crippen LogP contribution in [0.4, 0.5) is 10.5 Å².